The molecule has 5 nitrogen and oxygen atoms in total. The molecule has 1 saturated carbocycles. The van der Waals surface area contributed by atoms with E-state index in [1.807, 2.05) is 6.92 Å². The SMILES string of the molecule is CCS(=O)CCN1CCC(=O)NC(C2CCCCC2)C1=O. The van der Waals surface area contributed by atoms with Gasteiger partial charge in [-0.2, -0.15) is 0 Å². The van der Waals surface area contributed by atoms with Crippen LogP contribution in [0.3, 0.4) is 0 Å². The zero-order chi connectivity index (χ0) is 15.2. The minimum Gasteiger partial charge on any atom is -0.344 e. The second-order valence-electron chi connectivity index (χ2n) is 5.95. The molecule has 2 atom stereocenters. The van der Waals surface area contributed by atoms with Crippen LogP contribution in [-0.2, 0) is 20.4 Å². The van der Waals surface area contributed by atoms with Crippen molar-refractivity contribution >= 4 is 22.6 Å². The van der Waals surface area contributed by atoms with Gasteiger partial charge in [0.1, 0.15) is 6.04 Å². The number of hydrogen-bond donors (Lipinski definition) is 1. The monoisotopic (exact) mass is 314 g/mol. The molecule has 0 aromatic carbocycles. The number of hydrogen-bond acceptors (Lipinski definition) is 3. The van der Waals surface area contributed by atoms with Gasteiger partial charge in [0.25, 0.3) is 0 Å². The average molecular weight is 314 g/mol. The Morgan fingerprint density at radius 1 is 1.24 bits per heavy atom. The quantitative estimate of drug-likeness (QED) is 0.825. The van der Waals surface area contributed by atoms with Gasteiger partial charge in [0.2, 0.25) is 11.8 Å². The van der Waals surface area contributed by atoms with E-state index in [1.165, 1.54) is 6.42 Å². The van der Waals surface area contributed by atoms with Crippen molar-refractivity contribution in [2.24, 2.45) is 5.92 Å². The van der Waals surface area contributed by atoms with E-state index in [4.69, 9.17) is 0 Å². The molecule has 1 heterocycles. The molecule has 1 aliphatic heterocycles. The molecule has 1 aliphatic carbocycles. The van der Waals surface area contributed by atoms with Gasteiger partial charge in [-0.1, -0.05) is 26.2 Å². The fourth-order valence-electron chi connectivity index (χ4n) is 3.22. The molecular weight excluding hydrogens is 288 g/mol. The maximum atomic E-state index is 12.7. The number of nitrogens with zero attached hydrogens (tertiary/aromatic N) is 1. The molecule has 0 radical (unpaired) electrons. The topological polar surface area (TPSA) is 66.5 Å². The molecule has 2 aliphatic rings. The molecular formula is C15H26N2O3S. The van der Waals surface area contributed by atoms with E-state index in [9.17, 15) is 13.8 Å². The van der Waals surface area contributed by atoms with Gasteiger partial charge in [-0.05, 0) is 18.8 Å². The number of amides is 2. The van der Waals surface area contributed by atoms with Crippen LogP contribution in [0.1, 0.15) is 45.4 Å². The zero-order valence-corrected chi connectivity index (χ0v) is 13.6. The lowest BCUT2D eigenvalue weighted by atomic mass is 9.83. The van der Waals surface area contributed by atoms with Crippen LogP contribution >= 0.6 is 0 Å². The Morgan fingerprint density at radius 3 is 2.62 bits per heavy atom. The minimum atomic E-state index is -0.873. The Balaban J connectivity index is 2.02. The molecule has 120 valence electrons. The van der Waals surface area contributed by atoms with Crippen LogP contribution < -0.4 is 5.32 Å². The molecule has 0 aromatic rings. The summed E-state index contributed by atoms with van der Waals surface area (Å²) >= 11 is 0. The van der Waals surface area contributed by atoms with Crippen LogP contribution in [0.4, 0.5) is 0 Å². The lowest BCUT2D eigenvalue weighted by Gasteiger charge is -2.31. The first-order chi connectivity index (χ1) is 10.1. The van der Waals surface area contributed by atoms with Crippen LogP contribution in [0.15, 0.2) is 0 Å². The minimum absolute atomic E-state index is 0.0286. The van der Waals surface area contributed by atoms with Crippen molar-refractivity contribution in [1.29, 1.82) is 0 Å². The summed E-state index contributed by atoms with van der Waals surface area (Å²) in [6.07, 6.45) is 5.91. The van der Waals surface area contributed by atoms with E-state index >= 15 is 0 Å². The third-order valence-electron chi connectivity index (χ3n) is 4.54. The summed E-state index contributed by atoms with van der Waals surface area (Å²) in [5.74, 6) is 1.39. The summed E-state index contributed by atoms with van der Waals surface area (Å²) in [5.41, 5.74) is 0. The van der Waals surface area contributed by atoms with Gasteiger partial charge in [0, 0.05) is 41.8 Å². The molecule has 2 fully saturated rings. The average Bonchev–Trinajstić information content (AvgIpc) is 2.65. The van der Waals surface area contributed by atoms with Gasteiger partial charge in [-0.25, -0.2) is 0 Å². The van der Waals surface area contributed by atoms with Gasteiger partial charge in [0.15, 0.2) is 0 Å². The number of rotatable bonds is 5. The highest BCUT2D eigenvalue weighted by Crippen LogP contribution is 2.28. The van der Waals surface area contributed by atoms with E-state index < -0.39 is 10.8 Å². The Kier molecular flexibility index (Phi) is 6.21. The molecule has 2 amide bonds. The standard InChI is InChI=1S/C15H26N2O3S/c1-2-21(20)11-10-17-9-8-13(18)16-14(15(17)19)12-6-4-3-5-7-12/h12,14H,2-11H2,1H3,(H,16,18). The van der Waals surface area contributed by atoms with Crippen molar-refractivity contribution in [2.45, 2.75) is 51.5 Å². The smallest absolute Gasteiger partial charge is 0.245 e. The maximum Gasteiger partial charge on any atom is 0.245 e. The van der Waals surface area contributed by atoms with Crippen molar-refractivity contribution < 1.29 is 13.8 Å². The molecule has 6 heteroatoms. The van der Waals surface area contributed by atoms with Gasteiger partial charge in [0.05, 0.1) is 0 Å². The molecule has 0 bridgehead atoms. The van der Waals surface area contributed by atoms with E-state index in [2.05, 4.69) is 5.32 Å². The van der Waals surface area contributed by atoms with Crippen LogP contribution in [0.25, 0.3) is 0 Å². The van der Waals surface area contributed by atoms with Gasteiger partial charge in [-0.15, -0.1) is 0 Å². The van der Waals surface area contributed by atoms with Gasteiger partial charge < -0.3 is 10.2 Å². The Hall–Kier alpha value is -0.910. The third kappa shape index (κ3) is 4.53. The molecule has 0 aromatic heterocycles. The lowest BCUT2D eigenvalue weighted by molar-refractivity contribution is -0.135. The first-order valence-electron chi connectivity index (χ1n) is 8.05. The van der Waals surface area contributed by atoms with E-state index in [0.29, 0.717) is 31.0 Å². The highest BCUT2D eigenvalue weighted by Gasteiger charge is 2.35. The predicted molar refractivity (Wildman–Crippen MR) is 83.3 cm³/mol. The van der Waals surface area contributed by atoms with Crippen molar-refractivity contribution in [3.63, 3.8) is 0 Å². The zero-order valence-electron chi connectivity index (χ0n) is 12.8. The van der Waals surface area contributed by atoms with Crippen molar-refractivity contribution in [1.82, 2.24) is 10.2 Å². The Labute approximate surface area is 129 Å². The molecule has 0 spiro atoms. The number of carbonyl (C=O) groups excluding carboxylic acids is 2. The second kappa shape index (κ2) is 7.92. The predicted octanol–water partition coefficient (Wildman–Crippen LogP) is 1.05. The fraction of sp³-hybridized carbons (Fsp3) is 0.867. The molecule has 2 rings (SSSR count). The van der Waals surface area contributed by atoms with Crippen molar-refractivity contribution in [2.75, 3.05) is 24.6 Å². The van der Waals surface area contributed by atoms with Gasteiger partial charge in [-0.3, -0.25) is 13.8 Å². The van der Waals surface area contributed by atoms with Crippen LogP contribution in [0.2, 0.25) is 0 Å². The van der Waals surface area contributed by atoms with Crippen molar-refractivity contribution in [3.8, 4) is 0 Å². The van der Waals surface area contributed by atoms with Crippen LogP contribution in [0, 0.1) is 5.92 Å². The highest BCUT2D eigenvalue weighted by atomic mass is 32.2. The Bertz CT molecular complexity index is 408. The second-order valence-corrected chi connectivity index (χ2v) is 7.82. The molecule has 1 saturated heterocycles. The first kappa shape index (κ1) is 16.5. The summed E-state index contributed by atoms with van der Waals surface area (Å²) in [6, 6.07) is -0.365. The van der Waals surface area contributed by atoms with E-state index in [0.717, 1.165) is 25.7 Å². The molecule has 21 heavy (non-hydrogen) atoms. The third-order valence-corrected chi connectivity index (χ3v) is 5.82. The van der Waals surface area contributed by atoms with Crippen LogP contribution in [-0.4, -0.2) is 51.6 Å². The van der Waals surface area contributed by atoms with E-state index in [-0.39, 0.29) is 23.8 Å². The number of carbonyl (C=O) groups is 2. The first-order valence-corrected chi connectivity index (χ1v) is 9.53. The summed E-state index contributed by atoms with van der Waals surface area (Å²) in [6.45, 7) is 2.84. The maximum absolute atomic E-state index is 12.7. The lowest BCUT2D eigenvalue weighted by Crippen LogP contribution is -2.50. The molecule has 2 unspecified atom stereocenters. The summed E-state index contributed by atoms with van der Waals surface area (Å²) < 4.78 is 11.6. The highest BCUT2D eigenvalue weighted by molar-refractivity contribution is 7.84. The normalized spacial score (nSPS) is 26.3. The largest absolute Gasteiger partial charge is 0.344 e. The van der Waals surface area contributed by atoms with E-state index in [1.54, 1.807) is 4.90 Å². The fourth-order valence-corrected chi connectivity index (χ4v) is 3.93. The van der Waals surface area contributed by atoms with Crippen LogP contribution in [0.5, 0.6) is 0 Å². The summed E-state index contributed by atoms with van der Waals surface area (Å²) in [4.78, 5) is 26.3. The van der Waals surface area contributed by atoms with Gasteiger partial charge >= 0.3 is 0 Å². The Morgan fingerprint density at radius 2 is 1.95 bits per heavy atom. The number of nitrogens with one attached hydrogen (secondary N) is 1. The molecule has 1 N–H and O–H groups in total. The van der Waals surface area contributed by atoms with Crippen molar-refractivity contribution in [3.05, 3.63) is 0 Å². The summed E-state index contributed by atoms with van der Waals surface area (Å²) in [5, 5.41) is 2.92. The summed E-state index contributed by atoms with van der Waals surface area (Å²) in [7, 11) is -0.873.